The molecule has 1 aliphatic heterocycles. The minimum absolute atomic E-state index is 0.277. The molecule has 1 aromatic rings. The number of para-hydroxylation sites is 1. The third-order valence-electron chi connectivity index (χ3n) is 3.47. The van der Waals surface area contributed by atoms with Gasteiger partial charge in [0.1, 0.15) is 0 Å². The van der Waals surface area contributed by atoms with E-state index in [4.69, 9.17) is 4.74 Å². The summed E-state index contributed by atoms with van der Waals surface area (Å²) in [7, 11) is 6.26. The van der Waals surface area contributed by atoms with E-state index in [2.05, 4.69) is 4.74 Å². The first kappa shape index (κ1) is 16.4. The molecule has 1 amide bonds. The number of benzene rings is 1. The van der Waals surface area contributed by atoms with E-state index in [-0.39, 0.29) is 10.8 Å². The quantitative estimate of drug-likeness (QED) is 0.477. The van der Waals surface area contributed by atoms with Crippen LogP contribution in [-0.2, 0) is 19.1 Å². The number of methoxy groups -OCH3 is 2. The van der Waals surface area contributed by atoms with Gasteiger partial charge in [-0.1, -0.05) is 18.2 Å². The normalized spacial score (nSPS) is 23.0. The number of anilines is 1. The molecule has 0 spiro atoms. The first-order valence-corrected chi connectivity index (χ1v) is 7.38. The van der Waals surface area contributed by atoms with E-state index in [0.717, 1.165) is 17.4 Å². The number of hydrogen-bond donors (Lipinski definition) is 0. The van der Waals surface area contributed by atoms with Gasteiger partial charge >= 0.3 is 5.97 Å². The molecule has 0 unspecified atom stereocenters. The molecular weight excluding hydrogens is 304 g/mol. The molecular formula is C15H18N2O4S. The maximum absolute atomic E-state index is 12.4. The summed E-state index contributed by atoms with van der Waals surface area (Å²) < 4.78 is 10.2. The Labute approximate surface area is 133 Å². The lowest BCUT2D eigenvalue weighted by Gasteiger charge is -2.41. The largest absolute Gasteiger partial charge is 0.466 e. The molecule has 118 valence electrons. The van der Waals surface area contributed by atoms with E-state index in [1.54, 1.807) is 7.05 Å². The first-order chi connectivity index (χ1) is 10.5. The van der Waals surface area contributed by atoms with Crippen molar-refractivity contribution in [2.24, 2.45) is 0 Å². The lowest BCUT2D eigenvalue weighted by molar-refractivity contribution is -0.138. The van der Waals surface area contributed by atoms with Crippen molar-refractivity contribution in [3.8, 4) is 0 Å². The zero-order valence-corrected chi connectivity index (χ0v) is 13.7. The van der Waals surface area contributed by atoms with Gasteiger partial charge in [-0.25, -0.2) is 4.79 Å². The lowest BCUT2D eigenvalue weighted by Crippen LogP contribution is -2.55. The Morgan fingerprint density at radius 1 is 1.32 bits per heavy atom. The van der Waals surface area contributed by atoms with Crippen LogP contribution in [0.4, 0.5) is 5.69 Å². The Balaban J connectivity index is 2.40. The van der Waals surface area contributed by atoms with Gasteiger partial charge in [-0.3, -0.25) is 9.69 Å². The van der Waals surface area contributed by atoms with E-state index in [0.29, 0.717) is 0 Å². The van der Waals surface area contributed by atoms with Gasteiger partial charge in [-0.15, -0.1) is 0 Å². The van der Waals surface area contributed by atoms with Gasteiger partial charge in [0.2, 0.25) is 0 Å². The predicted octanol–water partition coefficient (Wildman–Crippen LogP) is 1.64. The highest BCUT2D eigenvalue weighted by Crippen LogP contribution is 2.46. The van der Waals surface area contributed by atoms with Crippen LogP contribution in [0.3, 0.4) is 0 Å². The summed E-state index contributed by atoms with van der Waals surface area (Å²) in [6.07, 6.45) is 1.18. The Hall–Kier alpha value is -1.99. The van der Waals surface area contributed by atoms with E-state index < -0.39 is 11.2 Å². The smallest absolute Gasteiger partial charge is 0.331 e. The second kappa shape index (κ2) is 6.41. The highest BCUT2D eigenvalue weighted by molar-refractivity contribution is 8.05. The minimum Gasteiger partial charge on any atom is -0.466 e. The number of hydrogen-bond acceptors (Lipinski definition) is 6. The Morgan fingerprint density at radius 2 is 1.95 bits per heavy atom. The van der Waals surface area contributed by atoms with Crippen molar-refractivity contribution < 1.29 is 19.1 Å². The number of likely N-dealkylation sites (N-methyl/N-ethyl adjacent to an activating group) is 1. The molecule has 6 nitrogen and oxygen atoms in total. The van der Waals surface area contributed by atoms with Crippen LogP contribution in [-0.4, -0.2) is 50.3 Å². The summed E-state index contributed by atoms with van der Waals surface area (Å²) in [6, 6.07) is 9.56. The van der Waals surface area contributed by atoms with Crippen LogP contribution in [0, 0.1) is 0 Å². The molecule has 1 fully saturated rings. The number of ether oxygens (including phenoxy) is 2. The standard InChI is InChI=1S/C15H18N2O4S/c1-16(11-8-6-5-7-9-11)15(21-4)17(2)14(19)12(22-15)10-13(18)20-3/h5-10H,1-4H3/b12-10-/t15-/m0/s1. The van der Waals surface area contributed by atoms with Crippen LogP contribution < -0.4 is 4.90 Å². The summed E-state index contributed by atoms with van der Waals surface area (Å²) in [5, 5.41) is -1.06. The topological polar surface area (TPSA) is 59.1 Å². The molecule has 22 heavy (non-hydrogen) atoms. The van der Waals surface area contributed by atoms with E-state index in [1.807, 2.05) is 42.3 Å². The molecule has 0 aromatic heterocycles. The highest BCUT2D eigenvalue weighted by atomic mass is 32.2. The second-order valence-electron chi connectivity index (χ2n) is 4.65. The van der Waals surface area contributed by atoms with Crippen molar-refractivity contribution in [2.75, 3.05) is 33.2 Å². The summed E-state index contributed by atoms with van der Waals surface area (Å²) in [5.41, 5.74) is 0.885. The van der Waals surface area contributed by atoms with Gasteiger partial charge in [0.05, 0.1) is 12.0 Å². The third-order valence-corrected chi connectivity index (χ3v) is 4.96. The second-order valence-corrected chi connectivity index (χ2v) is 5.82. The summed E-state index contributed by atoms with van der Waals surface area (Å²) >= 11 is 1.16. The summed E-state index contributed by atoms with van der Waals surface area (Å²) in [6.45, 7) is 0. The monoisotopic (exact) mass is 322 g/mol. The van der Waals surface area contributed by atoms with Gasteiger partial charge in [0.15, 0.2) is 0 Å². The van der Waals surface area contributed by atoms with Crippen molar-refractivity contribution in [1.82, 2.24) is 4.90 Å². The minimum atomic E-state index is -1.06. The number of carbonyl (C=O) groups is 2. The number of esters is 1. The molecule has 2 rings (SSSR count). The molecule has 1 heterocycles. The van der Waals surface area contributed by atoms with Crippen molar-refractivity contribution >= 4 is 29.3 Å². The third kappa shape index (κ3) is 2.69. The SMILES string of the molecule is COC(=O)/C=C1\S[C@@](OC)(N(C)c2ccccc2)N(C)C1=O. The molecule has 0 bridgehead atoms. The van der Waals surface area contributed by atoms with Crippen LogP contribution in [0.25, 0.3) is 0 Å². The zero-order chi connectivity index (χ0) is 16.3. The molecule has 1 atom stereocenters. The summed E-state index contributed by atoms with van der Waals surface area (Å²) in [5.74, 6) is -0.862. The van der Waals surface area contributed by atoms with Gasteiger partial charge in [0.25, 0.3) is 11.1 Å². The molecule has 1 aromatic carbocycles. The average molecular weight is 322 g/mol. The Morgan fingerprint density at radius 3 is 2.50 bits per heavy atom. The molecule has 0 radical (unpaired) electrons. The van der Waals surface area contributed by atoms with Crippen molar-refractivity contribution in [1.29, 1.82) is 0 Å². The van der Waals surface area contributed by atoms with Crippen LogP contribution in [0.1, 0.15) is 0 Å². The van der Waals surface area contributed by atoms with Crippen LogP contribution in [0.5, 0.6) is 0 Å². The maximum Gasteiger partial charge on any atom is 0.331 e. The number of carbonyl (C=O) groups excluding carboxylic acids is 2. The number of amides is 1. The van der Waals surface area contributed by atoms with Crippen molar-refractivity contribution in [2.45, 2.75) is 5.18 Å². The zero-order valence-electron chi connectivity index (χ0n) is 12.9. The van der Waals surface area contributed by atoms with E-state index >= 15 is 0 Å². The lowest BCUT2D eigenvalue weighted by atomic mass is 10.3. The number of thioether (sulfide) groups is 1. The molecule has 1 aliphatic rings. The van der Waals surface area contributed by atoms with E-state index in [1.165, 1.54) is 25.2 Å². The predicted molar refractivity (Wildman–Crippen MR) is 85.0 cm³/mol. The molecule has 0 saturated carbocycles. The van der Waals surface area contributed by atoms with Crippen LogP contribution in [0.15, 0.2) is 41.3 Å². The van der Waals surface area contributed by atoms with Crippen LogP contribution in [0.2, 0.25) is 0 Å². The van der Waals surface area contributed by atoms with Gasteiger partial charge in [-0.05, 0) is 23.9 Å². The van der Waals surface area contributed by atoms with Gasteiger partial charge in [-0.2, -0.15) is 0 Å². The number of nitrogens with zero attached hydrogens (tertiary/aromatic N) is 2. The van der Waals surface area contributed by atoms with Crippen LogP contribution >= 0.6 is 11.8 Å². The van der Waals surface area contributed by atoms with Gasteiger partial charge < -0.3 is 14.4 Å². The average Bonchev–Trinajstić information content (AvgIpc) is 2.80. The fraction of sp³-hybridized carbons (Fsp3) is 0.333. The highest BCUT2D eigenvalue weighted by Gasteiger charge is 2.51. The Bertz CT molecular complexity index is 605. The van der Waals surface area contributed by atoms with Gasteiger partial charge in [0, 0.05) is 33.0 Å². The van der Waals surface area contributed by atoms with Crippen molar-refractivity contribution in [3.05, 3.63) is 41.3 Å². The fourth-order valence-electron chi connectivity index (χ4n) is 2.23. The number of rotatable bonds is 4. The first-order valence-electron chi connectivity index (χ1n) is 6.57. The maximum atomic E-state index is 12.4. The molecule has 0 aliphatic carbocycles. The molecule has 1 saturated heterocycles. The van der Waals surface area contributed by atoms with E-state index in [9.17, 15) is 9.59 Å². The van der Waals surface area contributed by atoms with Crippen molar-refractivity contribution in [3.63, 3.8) is 0 Å². The molecule has 7 heteroatoms. The summed E-state index contributed by atoms with van der Waals surface area (Å²) in [4.78, 5) is 27.4. The fourth-order valence-corrected chi connectivity index (χ4v) is 3.44. The molecule has 0 N–H and O–H groups in total. The Kier molecular flexibility index (Phi) is 4.77.